The highest BCUT2D eigenvalue weighted by Gasteiger charge is 2.34. The minimum absolute atomic E-state index is 0.00433. The van der Waals surface area contributed by atoms with Crippen LogP contribution in [0.25, 0.3) is 0 Å². The Labute approximate surface area is 126 Å². The fraction of sp³-hybridized carbons (Fsp3) is 0.625. The zero-order valence-corrected chi connectivity index (χ0v) is 13.3. The molecule has 1 atom stereocenters. The van der Waals surface area contributed by atoms with Gasteiger partial charge in [0.05, 0.1) is 11.7 Å². The maximum Gasteiger partial charge on any atom is 0.254 e. The number of amides is 1. The molecule has 1 fully saturated rings. The van der Waals surface area contributed by atoms with Crippen molar-refractivity contribution in [2.45, 2.75) is 52.2 Å². The number of aryl methyl sites for hydroxylation is 1. The van der Waals surface area contributed by atoms with Crippen molar-refractivity contribution in [2.24, 2.45) is 0 Å². The monoisotopic (exact) mass is 291 g/mol. The smallest absolute Gasteiger partial charge is 0.254 e. The lowest BCUT2D eigenvalue weighted by Gasteiger charge is -2.41. The summed E-state index contributed by atoms with van der Waals surface area (Å²) in [4.78, 5) is 18.9. The highest BCUT2D eigenvalue weighted by molar-refractivity contribution is 5.95. The van der Waals surface area contributed by atoms with Crippen LogP contribution in [-0.4, -0.2) is 40.6 Å². The number of nitrogen functional groups attached to an aromatic ring is 1. The average Bonchev–Trinajstić information content (AvgIpc) is 2.35. The molecule has 0 radical (unpaired) electrons. The highest BCUT2D eigenvalue weighted by Crippen LogP contribution is 2.23. The van der Waals surface area contributed by atoms with Crippen molar-refractivity contribution < 1.29 is 9.53 Å². The molecule has 0 saturated carbocycles. The Hall–Kier alpha value is -1.62. The van der Waals surface area contributed by atoms with Crippen LogP contribution in [0.4, 0.5) is 5.82 Å². The molecule has 1 unspecified atom stereocenters. The normalized spacial score (nSPS) is 21.3. The zero-order chi connectivity index (χ0) is 15.6. The second-order valence-corrected chi connectivity index (χ2v) is 6.40. The third-order valence-corrected chi connectivity index (χ3v) is 3.51. The molecule has 5 nitrogen and oxygen atoms in total. The Balaban J connectivity index is 2.23. The molecular formula is C16H25N3O2. The molecule has 2 heterocycles. The van der Waals surface area contributed by atoms with Crippen LogP contribution in [0.1, 0.15) is 50.2 Å². The van der Waals surface area contributed by atoms with Crippen molar-refractivity contribution in [3.63, 3.8) is 0 Å². The van der Waals surface area contributed by atoms with Crippen LogP contribution in [0.3, 0.4) is 0 Å². The number of anilines is 1. The van der Waals surface area contributed by atoms with Gasteiger partial charge in [-0.15, -0.1) is 0 Å². The van der Waals surface area contributed by atoms with Gasteiger partial charge < -0.3 is 15.4 Å². The van der Waals surface area contributed by atoms with E-state index in [0.29, 0.717) is 24.5 Å². The van der Waals surface area contributed by atoms with Crippen molar-refractivity contribution in [3.05, 3.63) is 23.4 Å². The first-order valence-corrected chi connectivity index (χ1v) is 7.54. The van der Waals surface area contributed by atoms with Gasteiger partial charge in [0.25, 0.3) is 5.91 Å². The quantitative estimate of drug-likeness (QED) is 0.927. The van der Waals surface area contributed by atoms with Gasteiger partial charge in [0, 0.05) is 24.3 Å². The van der Waals surface area contributed by atoms with Gasteiger partial charge in [-0.1, -0.05) is 13.3 Å². The van der Waals surface area contributed by atoms with Crippen molar-refractivity contribution in [1.29, 1.82) is 0 Å². The molecule has 1 aromatic rings. The Morgan fingerprint density at radius 1 is 1.52 bits per heavy atom. The van der Waals surface area contributed by atoms with E-state index in [2.05, 4.69) is 11.9 Å². The van der Waals surface area contributed by atoms with Crippen LogP contribution in [0.5, 0.6) is 0 Å². The molecular weight excluding hydrogens is 266 g/mol. The number of aromatic nitrogens is 1. The number of carbonyl (C=O) groups is 1. The van der Waals surface area contributed by atoms with Crippen molar-refractivity contribution in [1.82, 2.24) is 9.88 Å². The summed E-state index contributed by atoms with van der Waals surface area (Å²) in [5, 5.41) is 0. The molecule has 116 valence electrons. The number of nitrogens with zero attached hydrogens (tertiary/aromatic N) is 2. The molecule has 2 rings (SSSR count). The summed E-state index contributed by atoms with van der Waals surface area (Å²) in [6, 6.07) is 3.52. The first-order valence-electron chi connectivity index (χ1n) is 7.54. The predicted molar refractivity (Wildman–Crippen MR) is 83.2 cm³/mol. The maximum atomic E-state index is 12.7. The summed E-state index contributed by atoms with van der Waals surface area (Å²) in [5.41, 5.74) is 7.01. The Morgan fingerprint density at radius 3 is 2.86 bits per heavy atom. The SMILES string of the molecule is CCCc1cc(C(=O)N2CC(C)OC(C)(C)C2)cc(N)n1. The number of nitrogens with two attached hydrogens (primary N) is 1. The number of pyridine rings is 1. The molecule has 1 amide bonds. The predicted octanol–water partition coefficient (Wildman–Crippen LogP) is 2.26. The van der Waals surface area contributed by atoms with Gasteiger partial charge in [-0.3, -0.25) is 4.79 Å². The average molecular weight is 291 g/mol. The van der Waals surface area contributed by atoms with E-state index in [-0.39, 0.29) is 17.6 Å². The minimum Gasteiger partial charge on any atom is -0.384 e. The van der Waals surface area contributed by atoms with Gasteiger partial charge in [-0.05, 0) is 39.3 Å². The highest BCUT2D eigenvalue weighted by atomic mass is 16.5. The molecule has 21 heavy (non-hydrogen) atoms. The van der Waals surface area contributed by atoms with Gasteiger partial charge in [0.2, 0.25) is 0 Å². The maximum absolute atomic E-state index is 12.7. The van der Waals surface area contributed by atoms with Crippen molar-refractivity contribution in [3.8, 4) is 0 Å². The van der Waals surface area contributed by atoms with Crippen molar-refractivity contribution in [2.75, 3.05) is 18.8 Å². The third-order valence-electron chi connectivity index (χ3n) is 3.51. The van der Waals surface area contributed by atoms with Crippen LogP contribution in [0.15, 0.2) is 12.1 Å². The molecule has 2 N–H and O–H groups in total. The fourth-order valence-corrected chi connectivity index (χ4v) is 2.91. The van der Waals surface area contributed by atoms with Gasteiger partial charge in [0.15, 0.2) is 0 Å². The van der Waals surface area contributed by atoms with Gasteiger partial charge >= 0.3 is 0 Å². The topological polar surface area (TPSA) is 68.5 Å². The summed E-state index contributed by atoms with van der Waals surface area (Å²) in [7, 11) is 0. The van der Waals surface area contributed by atoms with E-state index in [4.69, 9.17) is 10.5 Å². The lowest BCUT2D eigenvalue weighted by molar-refractivity contribution is -0.118. The molecule has 5 heteroatoms. The summed E-state index contributed by atoms with van der Waals surface area (Å²) in [6.07, 6.45) is 1.84. The molecule has 1 aromatic heterocycles. The summed E-state index contributed by atoms with van der Waals surface area (Å²) < 4.78 is 5.85. The number of hydrogen-bond acceptors (Lipinski definition) is 4. The largest absolute Gasteiger partial charge is 0.384 e. The number of hydrogen-bond donors (Lipinski definition) is 1. The lowest BCUT2D eigenvalue weighted by atomic mass is 10.0. The molecule has 0 aromatic carbocycles. The van der Waals surface area contributed by atoms with E-state index in [1.807, 2.05) is 31.7 Å². The van der Waals surface area contributed by atoms with Gasteiger partial charge in [0.1, 0.15) is 5.82 Å². The zero-order valence-electron chi connectivity index (χ0n) is 13.3. The van der Waals surface area contributed by atoms with E-state index in [0.717, 1.165) is 18.5 Å². The fourth-order valence-electron chi connectivity index (χ4n) is 2.91. The first-order chi connectivity index (χ1) is 9.80. The van der Waals surface area contributed by atoms with Crippen LogP contribution in [0, 0.1) is 0 Å². The van der Waals surface area contributed by atoms with E-state index in [9.17, 15) is 4.79 Å². The summed E-state index contributed by atoms with van der Waals surface area (Å²) in [5.74, 6) is 0.412. The second kappa shape index (κ2) is 6.02. The second-order valence-electron chi connectivity index (χ2n) is 6.40. The minimum atomic E-state index is -0.321. The number of rotatable bonds is 3. The van der Waals surface area contributed by atoms with Crippen LogP contribution in [0.2, 0.25) is 0 Å². The van der Waals surface area contributed by atoms with Crippen LogP contribution >= 0.6 is 0 Å². The number of ether oxygens (including phenoxy) is 1. The molecule has 0 aliphatic carbocycles. The van der Waals surface area contributed by atoms with Crippen LogP contribution in [-0.2, 0) is 11.2 Å². The first kappa shape index (κ1) is 15.8. The van der Waals surface area contributed by atoms with E-state index >= 15 is 0 Å². The molecule has 1 aliphatic rings. The van der Waals surface area contributed by atoms with E-state index < -0.39 is 0 Å². The van der Waals surface area contributed by atoms with Gasteiger partial charge in [-0.25, -0.2) is 4.98 Å². The van der Waals surface area contributed by atoms with E-state index in [1.165, 1.54) is 0 Å². The summed E-state index contributed by atoms with van der Waals surface area (Å²) >= 11 is 0. The third kappa shape index (κ3) is 3.94. The molecule has 0 spiro atoms. The molecule has 1 aliphatic heterocycles. The molecule has 0 bridgehead atoms. The van der Waals surface area contributed by atoms with E-state index in [1.54, 1.807) is 6.07 Å². The molecule has 1 saturated heterocycles. The number of morpholine rings is 1. The Bertz CT molecular complexity index is 528. The Morgan fingerprint density at radius 2 is 2.24 bits per heavy atom. The Kier molecular flexibility index (Phi) is 4.52. The van der Waals surface area contributed by atoms with Gasteiger partial charge in [-0.2, -0.15) is 0 Å². The number of carbonyl (C=O) groups excluding carboxylic acids is 1. The van der Waals surface area contributed by atoms with Crippen LogP contribution < -0.4 is 5.73 Å². The summed E-state index contributed by atoms with van der Waals surface area (Å²) in [6.45, 7) is 9.27. The lowest BCUT2D eigenvalue weighted by Crippen LogP contribution is -2.53. The standard InChI is InChI=1S/C16H25N3O2/c1-5-6-13-7-12(8-14(17)18-13)15(20)19-9-11(2)21-16(3,4)10-19/h7-8,11H,5-6,9-10H2,1-4H3,(H2,17,18). The van der Waals surface area contributed by atoms with Crippen molar-refractivity contribution >= 4 is 11.7 Å².